The number of thioether (sulfide) groups is 1. The number of aromatic nitrogens is 4. The number of hydrogen-bond acceptors (Lipinski definition) is 6. The number of hydrogen-bond donors (Lipinski definition) is 2. The van der Waals surface area contributed by atoms with E-state index in [4.69, 9.17) is 0 Å². The first-order chi connectivity index (χ1) is 15.1. The van der Waals surface area contributed by atoms with Gasteiger partial charge in [-0.15, -0.1) is 0 Å². The SMILES string of the molecule is CSc1ncc(CN2CCC(n3nccc3NC(=O)Nc3ccccc3C)CC2)cn1. The van der Waals surface area contributed by atoms with Crippen LogP contribution >= 0.6 is 11.8 Å². The second kappa shape index (κ2) is 9.93. The van der Waals surface area contributed by atoms with Gasteiger partial charge in [0.1, 0.15) is 5.82 Å². The lowest BCUT2D eigenvalue weighted by Gasteiger charge is -2.32. The highest BCUT2D eigenvalue weighted by Gasteiger charge is 2.23. The zero-order chi connectivity index (χ0) is 21.6. The molecule has 0 bridgehead atoms. The molecule has 0 atom stereocenters. The van der Waals surface area contributed by atoms with Crippen LogP contribution in [0.1, 0.15) is 30.0 Å². The lowest BCUT2D eigenvalue weighted by molar-refractivity contribution is 0.174. The van der Waals surface area contributed by atoms with E-state index in [1.165, 1.54) is 0 Å². The van der Waals surface area contributed by atoms with Crippen LogP contribution in [-0.2, 0) is 6.54 Å². The second-order valence-electron chi connectivity index (χ2n) is 7.64. The van der Waals surface area contributed by atoms with Gasteiger partial charge < -0.3 is 5.32 Å². The van der Waals surface area contributed by atoms with E-state index < -0.39 is 0 Å². The maximum absolute atomic E-state index is 12.5. The summed E-state index contributed by atoms with van der Waals surface area (Å²) in [5.74, 6) is 0.714. The molecule has 1 saturated heterocycles. The molecular formula is C22H27N7OS. The Morgan fingerprint density at radius 2 is 1.87 bits per heavy atom. The average Bonchev–Trinajstić information content (AvgIpc) is 3.24. The lowest BCUT2D eigenvalue weighted by Crippen LogP contribution is -2.35. The van der Waals surface area contributed by atoms with Gasteiger partial charge in [-0.1, -0.05) is 30.0 Å². The summed E-state index contributed by atoms with van der Waals surface area (Å²) in [4.78, 5) is 23.6. The first-order valence-corrected chi connectivity index (χ1v) is 11.6. The number of carbonyl (C=O) groups is 1. The Morgan fingerprint density at radius 1 is 1.13 bits per heavy atom. The van der Waals surface area contributed by atoms with Crippen LogP contribution in [0.2, 0.25) is 0 Å². The first kappa shape index (κ1) is 21.3. The van der Waals surface area contributed by atoms with Gasteiger partial charge in [-0.25, -0.2) is 19.4 Å². The van der Waals surface area contributed by atoms with Gasteiger partial charge in [-0.2, -0.15) is 5.10 Å². The summed E-state index contributed by atoms with van der Waals surface area (Å²) in [7, 11) is 0. The van der Waals surface area contributed by atoms with Crippen molar-refractivity contribution in [3.05, 3.63) is 60.0 Å². The number of nitrogens with one attached hydrogen (secondary N) is 2. The number of anilines is 2. The number of likely N-dealkylation sites (tertiary alicyclic amines) is 1. The molecule has 1 aliphatic heterocycles. The fourth-order valence-corrected chi connectivity index (χ4v) is 4.11. The fourth-order valence-electron chi connectivity index (χ4n) is 3.80. The van der Waals surface area contributed by atoms with Gasteiger partial charge in [-0.05, 0) is 37.7 Å². The van der Waals surface area contributed by atoms with Crippen molar-refractivity contribution in [3.63, 3.8) is 0 Å². The molecule has 162 valence electrons. The highest BCUT2D eigenvalue weighted by atomic mass is 32.2. The van der Waals surface area contributed by atoms with E-state index in [-0.39, 0.29) is 12.1 Å². The highest BCUT2D eigenvalue weighted by Crippen LogP contribution is 2.26. The molecule has 0 aliphatic carbocycles. The summed E-state index contributed by atoms with van der Waals surface area (Å²) >= 11 is 1.55. The molecule has 31 heavy (non-hydrogen) atoms. The number of para-hydroxylation sites is 1. The minimum absolute atomic E-state index is 0.259. The summed E-state index contributed by atoms with van der Waals surface area (Å²) in [6.07, 6.45) is 9.48. The normalized spacial score (nSPS) is 15.0. The molecule has 0 radical (unpaired) electrons. The van der Waals surface area contributed by atoms with Gasteiger partial charge >= 0.3 is 6.03 Å². The van der Waals surface area contributed by atoms with Gasteiger partial charge in [0.05, 0.1) is 12.2 Å². The summed E-state index contributed by atoms with van der Waals surface area (Å²) in [5, 5.41) is 11.1. The van der Waals surface area contributed by atoms with Crippen LogP contribution in [0.15, 0.2) is 54.1 Å². The van der Waals surface area contributed by atoms with E-state index in [1.54, 1.807) is 18.0 Å². The number of nitrogens with zero attached hydrogens (tertiary/aromatic N) is 5. The van der Waals surface area contributed by atoms with Crippen LogP contribution in [0.5, 0.6) is 0 Å². The zero-order valence-corrected chi connectivity index (χ0v) is 18.6. The lowest BCUT2D eigenvalue weighted by atomic mass is 10.0. The molecular weight excluding hydrogens is 410 g/mol. The molecule has 2 N–H and O–H groups in total. The summed E-state index contributed by atoms with van der Waals surface area (Å²) < 4.78 is 1.94. The standard InChI is InChI=1S/C22H27N7OS/c1-16-5-3-4-6-19(16)26-21(30)27-20-7-10-25-29(20)18-8-11-28(12-9-18)15-17-13-23-22(31-2)24-14-17/h3-7,10,13-14,18H,8-9,11-12,15H2,1-2H3,(H2,26,27,30). The summed E-state index contributed by atoms with van der Waals surface area (Å²) in [5.41, 5.74) is 2.95. The van der Waals surface area contributed by atoms with Gasteiger partial charge in [-0.3, -0.25) is 10.2 Å². The maximum atomic E-state index is 12.5. The largest absolute Gasteiger partial charge is 0.324 e. The van der Waals surface area contributed by atoms with Crippen molar-refractivity contribution in [2.75, 3.05) is 30.0 Å². The third-order valence-electron chi connectivity index (χ3n) is 5.48. The van der Waals surface area contributed by atoms with Crippen LogP contribution in [0.4, 0.5) is 16.3 Å². The molecule has 3 aromatic rings. The second-order valence-corrected chi connectivity index (χ2v) is 8.41. The monoisotopic (exact) mass is 437 g/mol. The Balaban J connectivity index is 1.32. The van der Waals surface area contributed by atoms with E-state index in [1.807, 2.05) is 60.6 Å². The van der Waals surface area contributed by atoms with Crippen LogP contribution in [0.25, 0.3) is 0 Å². The first-order valence-electron chi connectivity index (χ1n) is 10.4. The number of urea groups is 1. The van der Waals surface area contributed by atoms with Crippen molar-refractivity contribution in [3.8, 4) is 0 Å². The third-order valence-corrected chi connectivity index (χ3v) is 6.05. The van der Waals surface area contributed by atoms with E-state index in [2.05, 4.69) is 30.6 Å². The quantitative estimate of drug-likeness (QED) is 0.444. The van der Waals surface area contributed by atoms with E-state index in [9.17, 15) is 4.79 Å². The molecule has 8 nitrogen and oxygen atoms in total. The van der Waals surface area contributed by atoms with E-state index in [0.717, 1.165) is 54.4 Å². The number of piperidine rings is 1. The van der Waals surface area contributed by atoms with E-state index in [0.29, 0.717) is 5.82 Å². The summed E-state index contributed by atoms with van der Waals surface area (Å²) in [6.45, 7) is 4.74. The highest BCUT2D eigenvalue weighted by molar-refractivity contribution is 7.98. The predicted molar refractivity (Wildman–Crippen MR) is 123 cm³/mol. The Bertz CT molecular complexity index is 1010. The minimum atomic E-state index is -0.262. The van der Waals surface area contributed by atoms with Gasteiger partial charge in [0.2, 0.25) is 0 Å². The van der Waals surface area contributed by atoms with Crippen molar-refractivity contribution < 1.29 is 4.79 Å². The van der Waals surface area contributed by atoms with Crippen molar-refractivity contribution in [2.24, 2.45) is 0 Å². The van der Waals surface area contributed by atoms with Gasteiger partial charge in [0.15, 0.2) is 5.16 Å². The van der Waals surface area contributed by atoms with Crippen LogP contribution < -0.4 is 10.6 Å². The number of benzene rings is 1. The van der Waals surface area contributed by atoms with E-state index >= 15 is 0 Å². The van der Waals surface area contributed by atoms with Crippen molar-refractivity contribution in [1.29, 1.82) is 0 Å². The molecule has 2 amide bonds. The summed E-state index contributed by atoms with van der Waals surface area (Å²) in [6, 6.07) is 9.56. The molecule has 3 heterocycles. The van der Waals surface area contributed by atoms with Crippen LogP contribution in [0.3, 0.4) is 0 Å². The van der Waals surface area contributed by atoms with Crippen LogP contribution in [-0.4, -0.2) is 50.0 Å². The fraction of sp³-hybridized carbons (Fsp3) is 0.364. The third kappa shape index (κ3) is 5.42. The number of amides is 2. The number of aryl methyl sites for hydroxylation is 1. The number of carbonyl (C=O) groups excluding carboxylic acids is 1. The zero-order valence-electron chi connectivity index (χ0n) is 17.8. The van der Waals surface area contributed by atoms with Crippen molar-refractivity contribution in [1.82, 2.24) is 24.6 Å². The molecule has 1 fully saturated rings. The van der Waals surface area contributed by atoms with Crippen molar-refractivity contribution >= 4 is 29.3 Å². The average molecular weight is 438 g/mol. The smallest absolute Gasteiger partial charge is 0.307 e. The van der Waals surface area contributed by atoms with Crippen LogP contribution in [0, 0.1) is 6.92 Å². The molecule has 2 aromatic heterocycles. The molecule has 1 aromatic carbocycles. The molecule has 9 heteroatoms. The Hall–Kier alpha value is -2.91. The topological polar surface area (TPSA) is 88.0 Å². The predicted octanol–water partition coefficient (Wildman–Crippen LogP) is 4.18. The van der Waals surface area contributed by atoms with Gasteiger partial charge in [0, 0.05) is 49.3 Å². The van der Waals surface area contributed by atoms with Gasteiger partial charge in [0.25, 0.3) is 0 Å². The maximum Gasteiger partial charge on any atom is 0.324 e. The molecule has 0 saturated carbocycles. The molecule has 4 rings (SSSR count). The Labute approximate surface area is 186 Å². The number of rotatable bonds is 6. The Morgan fingerprint density at radius 3 is 2.58 bits per heavy atom. The molecule has 0 spiro atoms. The minimum Gasteiger partial charge on any atom is -0.307 e. The Kier molecular flexibility index (Phi) is 6.83. The molecule has 0 unspecified atom stereocenters. The molecule has 1 aliphatic rings. The van der Waals surface area contributed by atoms with Crippen molar-refractivity contribution in [2.45, 2.75) is 37.5 Å².